The molecule has 1 amide bonds. The number of hydrogen-bond donors (Lipinski definition) is 2. The van der Waals surface area contributed by atoms with E-state index in [1.165, 1.54) is 0 Å². The zero-order chi connectivity index (χ0) is 18.8. The van der Waals surface area contributed by atoms with Crippen LogP contribution in [0.25, 0.3) is 0 Å². The van der Waals surface area contributed by atoms with E-state index < -0.39 is 5.97 Å². The van der Waals surface area contributed by atoms with E-state index in [2.05, 4.69) is 10.2 Å². The number of aliphatic carboxylic acids is 1. The average molecular weight is 385 g/mol. The number of carbonyl (C=O) groups is 2. The topological polar surface area (TPSA) is 88.1 Å². The van der Waals surface area contributed by atoms with Crippen LogP contribution in [0, 0.1) is 0 Å². The minimum atomic E-state index is -0.981. The van der Waals surface area contributed by atoms with Crippen LogP contribution in [0.2, 0.25) is 5.02 Å². The quantitative estimate of drug-likeness (QED) is 0.636. The lowest BCUT2D eigenvalue weighted by Gasteiger charge is -2.26. The second-order valence-electron chi connectivity index (χ2n) is 6.05. The van der Waals surface area contributed by atoms with Crippen molar-refractivity contribution in [2.45, 2.75) is 19.3 Å². The molecule has 1 aliphatic heterocycles. The predicted molar refractivity (Wildman–Crippen MR) is 97.8 cm³/mol. The van der Waals surface area contributed by atoms with Crippen LogP contribution in [0.1, 0.15) is 18.4 Å². The van der Waals surface area contributed by atoms with Crippen LogP contribution >= 0.6 is 11.6 Å². The number of amides is 1. The highest BCUT2D eigenvalue weighted by molar-refractivity contribution is 6.30. The third-order valence-corrected chi connectivity index (χ3v) is 4.31. The van der Waals surface area contributed by atoms with E-state index in [-0.39, 0.29) is 18.7 Å². The highest BCUT2D eigenvalue weighted by Gasteiger charge is 2.11. The average Bonchev–Trinajstić information content (AvgIpc) is 2.62. The van der Waals surface area contributed by atoms with Gasteiger partial charge in [-0.15, -0.1) is 0 Å². The Kier molecular flexibility index (Phi) is 8.67. The Hall–Kier alpha value is -1.83. The first-order chi connectivity index (χ1) is 12.5. The molecule has 8 heteroatoms. The molecule has 144 valence electrons. The Morgan fingerprint density at radius 3 is 2.77 bits per heavy atom. The molecule has 0 spiro atoms. The number of rotatable bonds is 10. The summed E-state index contributed by atoms with van der Waals surface area (Å²) in [5.74, 6) is -0.502. The van der Waals surface area contributed by atoms with Gasteiger partial charge in [-0.05, 0) is 30.2 Å². The Labute approximate surface area is 158 Å². The Balaban J connectivity index is 1.78. The van der Waals surface area contributed by atoms with Crippen LogP contribution in [-0.2, 0) is 20.7 Å². The fraction of sp³-hybridized carbons (Fsp3) is 0.556. The minimum absolute atomic E-state index is 0.0201. The van der Waals surface area contributed by atoms with E-state index in [0.29, 0.717) is 24.6 Å². The van der Waals surface area contributed by atoms with Gasteiger partial charge in [-0.2, -0.15) is 0 Å². The fourth-order valence-corrected chi connectivity index (χ4v) is 2.83. The van der Waals surface area contributed by atoms with Crippen molar-refractivity contribution in [2.24, 2.45) is 0 Å². The molecule has 1 aromatic rings. The van der Waals surface area contributed by atoms with Gasteiger partial charge < -0.3 is 19.9 Å². The molecule has 1 aliphatic rings. The largest absolute Gasteiger partial charge is 0.492 e. The van der Waals surface area contributed by atoms with Gasteiger partial charge >= 0.3 is 5.97 Å². The SMILES string of the molecule is O=C(O)CCC(=O)NCCc1cc(Cl)ccc1OCCN1CCOCC1. The molecule has 0 aromatic heterocycles. The number of carboxylic acid groups (broad SMARTS) is 1. The van der Waals surface area contributed by atoms with Crippen LogP contribution < -0.4 is 10.1 Å². The molecule has 26 heavy (non-hydrogen) atoms. The lowest BCUT2D eigenvalue weighted by molar-refractivity contribution is -0.138. The summed E-state index contributed by atoms with van der Waals surface area (Å²) in [4.78, 5) is 24.4. The van der Waals surface area contributed by atoms with E-state index in [1.807, 2.05) is 12.1 Å². The van der Waals surface area contributed by atoms with Gasteiger partial charge in [-0.25, -0.2) is 0 Å². The standard InChI is InChI=1S/C18H25ClN2O5/c19-15-1-2-16(26-12-9-21-7-10-25-11-8-21)14(13-15)5-6-20-17(22)3-4-18(23)24/h1-2,13H,3-12H2,(H,20,22)(H,23,24). The van der Waals surface area contributed by atoms with Gasteiger partial charge in [0, 0.05) is 37.6 Å². The number of hydrogen-bond acceptors (Lipinski definition) is 5. The van der Waals surface area contributed by atoms with Gasteiger partial charge in [0.25, 0.3) is 0 Å². The summed E-state index contributed by atoms with van der Waals surface area (Å²) in [6.45, 7) is 5.15. The molecule has 1 fully saturated rings. The van der Waals surface area contributed by atoms with Crippen molar-refractivity contribution in [3.63, 3.8) is 0 Å². The molecule has 2 N–H and O–H groups in total. The smallest absolute Gasteiger partial charge is 0.303 e. The highest BCUT2D eigenvalue weighted by Crippen LogP contribution is 2.23. The summed E-state index contributed by atoms with van der Waals surface area (Å²) in [5.41, 5.74) is 0.915. The molecule has 0 unspecified atom stereocenters. The first kappa shape index (κ1) is 20.5. The summed E-state index contributed by atoms with van der Waals surface area (Å²) < 4.78 is 11.2. The molecular formula is C18H25ClN2O5. The van der Waals surface area contributed by atoms with Crippen molar-refractivity contribution in [3.8, 4) is 5.75 Å². The fourth-order valence-electron chi connectivity index (χ4n) is 2.64. The molecule has 0 bridgehead atoms. The molecule has 1 saturated heterocycles. The summed E-state index contributed by atoms with van der Waals surface area (Å²) in [7, 11) is 0. The van der Waals surface area contributed by atoms with Crippen molar-refractivity contribution in [3.05, 3.63) is 28.8 Å². The van der Waals surface area contributed by atoms with Crippen molar-refractivity contribution < 1.29 is 24.2 Å². The first-order valence-corrected chi connectivity index (χ1v) is 9.12. The van der Waals surface area contributed by atoms with Gasteiger partial charge in [-0.3, -0.25) is 14.5 Å². The summed E-state index contributed by atoms with van der Waals surface area (Å²) in [6.07, 6.45) is 0.374. The van der Waals surface area contributed by atoms with Gasteiger partial charge in [0.1, 0.15) is 12.4 Å². The number of ether oxygens (including phenoxy) is 2. The monoisotopic (exact) mass is 384 g/mol. The van der Waals surface area contributed by atoms with Crippen molar-refractivity contribution in [1.82, 2.24) is 10.2 Å². The Bertz CT molecular complexity index is 605. The molecule has 0 atom stereocenters. The van der Waals surface area contributed by atoms with E-state index >= 15 is 0 Å². The van der Waals surface area contributed by atoms with Crippen molar-refractivity contribution >= 4 is 23.5 Å². The predicted octanol–water partition coefficient (Wildman–Crippen LogP) is 1.57. The molecular weight excluding hydrogens is 360 g/mol. The molecule has 0 aliphatic carbocycles. The minimum Gasteiger partial charge on any atom is -0.492 e. The number of carbonyl (C=O) groups excluding carboxylic acids is 1. The lowest BCUT2D eigenvalue weighted by atomic mass is 10.1. The van der Waals surface area contributed by atoms with Crippen LogP contribution in [0.3, 0.4) is 0 Å². The van der Waals surface area contributed by atoms with Gasteiger partial charge in [0.2, 0.25) is 5.91 Å². The number of morpholine rings is 1. The zero-order valence-electron chi connectivity index (χ0n) is 14.7. The second kappa shape index (κ2) is 11.0. The number of carboxylic acids is 1. The Morgan fingerprint density at radius 1 is 1.27 bits per heavy atom. The molecule has 1 heterocycles. The summed E-state index contributed by atoms with van der Waals surface area (Å²) in [5, 5.41) is 11.9. The number of nitrogens with zero attached hydrogens (tertiary/aromatic N) is 1. The maximum atomic E-state index is 11.6. The molecule has 1 aromatic carbocycles. The van der Waals surface area contributed by atoms with Crippen LogP contribution in [0.4, 0.5) is 0 Å². The van der Waals surface area contributed by atoms with E-state index in [1.54, 1.807) is 6.07 Å². The lowest BCUT2D eigenvalue weighted by Crippen LogP contribution is -2.38. The molecule has 2 rings (SSSR count). The normalized spacial score (nSPS) is 14.8. The number of halogens is 1. The number of nitrogens with one attached hydrogen (secondary N) is 1. The van der Waals surface area contributed by atoms with Crippen LogP contribution in [-0.4, -0.2) is 67.9 Å². The van der Waals surface area contributed by atoms with Crippen molar-refractivity contribution in [1.29, 1.82) is 0 Å². The van der Waals surface area contributed by atoms with Crippen LogP contribution in [0.15, 0.2) is 18.2 Å². The highest BCUT2D eigenvalue weighted by atomic mass is 35.5. The maximum Gasteiger partial charge on any atom is 0.303 e. The Morgan fingerprint density at radius 2 is 2.04 bits per heavy atom. The molecule has 0 radical (unpaired) electrons. The van der Waals surface area contributed by atoms with Crippen molar-refractivity contribution in [2.75, 3.05) is 46.0 Å². The van der Waals surface area contributed by atoms with E-state index in [0.717, 1.165) is 44.2 Å². The third-order valence-electron chi connectivity index (χ3n) is 4.07. The summed E-state index contributed by atoms with van der Waals surface area (Å²) in [6, 6.07) is 5.44. The summed E-state index contributed by atoms with van der Waals surface area (Å²) >= 11 is 6.07. The molecule has 0 saturated carbocycles. The van der Waals surface area contributed by atoms with Gasteiger partial charge in [0.15, 0.2) is 0 Å². The second-order valence-corrected chi connectivity index (χ2v) is 6.48. The van der Waals surface area contributed by atoms with Gasteiger partial charge in [0.05, 0.1) is 19.6 Å². The third kappa shape index (κ3) is 7.59. The maximum absolute atomic E-state index is 11.6. The van der Waals surface area contributed by atoms with E-state index in [4.69, 9.17) is 26.2 Å². The molecule has 7 nitrogen and oxygen atoms in total. The van der Waals surface area contributed by atoms with Crippen LogP contribution in [0.5, 0.6) is 5.75 Å². The van der Waals surface area contributed by atoms with E-state index in [9.17, 15) is 9.59 Å². The first-order valence-electron chi connectivity index (χ1n) is 8.74. The zero-order valence-corrected chi connectivity index (χ0v) is 15.5. The van der Waals surface area contributed by atoms with Gasteiger partial charge in [-0.1, -0.05) is 11.6 Å². The number of benzene rings is 1.